The average Bonchev–Trinajstić information content (AvgIpc) is 2.55. The molecule has 0 radical (unpaired) electrons. The Morgan fingerprint density at radius 3 is 2.70 bits per heavy atom. The van der Waals surface area contributed by atoms with Crippen LogP contribution in [-0.2, 0) is 6.54 Å². The lowest BCUT2D eigenvalue weighted by molar-refractivity contribution is 0.628. The molecule has 3 rings (SSSR count). The minimum absolute atomic E-state index is 0.321. The van der Waals surface area contributed by atoms with Gasteiger partial charge in [0.2, 0.25) is 5.95 Å². The van der Waals surface area contributed by atoms with Crippen LogP contribution in [0.4, 0.5) is 21.8 Å². The van der Waals surface area contributed by atoms with Crippen molar-refractivity contribution in [1.82, 2.24) is 15.2 Å². The molecule has 0 bridgehead atoms. The highest BCUT2D eigenvalue weighted by Gasteiger charge is 2.02. The van der Waals surface area contributed by atoms with Crippen LogP contribution in [0.1, 0.15) is 5.56 Å². The molecule has 1 aromatic heterocycles. The van der Waals surface area contributed by atoms with Crippen LogP contribution in [0.5, 0.6) is 0 Å². The Kier molecular flexibility index (Phi) is 4.63. The van der Waals surface area contributed by atoms with E-state index in [0.717, 1.165) is 5.56 Å². The maximum atomic E-state index is 13.2. The van der Waals surface area contributed by atoms with Gasteiger partial charge in [0, 0.05) is 17.3 Å². The molecule has 0 saturated carbocycles. The Balaban J connectivity index is 1.66. The molecule has 116 valence electrons. The minimum Gasteiger partial charge on any atom is -0.349 e. The summed E-state index contributed by atoms with van der Waals surface area (Å²) in [5, 5.41) is 14.5. The van der Waals surface area contributed by atoms with Gasteiger partial charge in [0.05, 0.1) is 6.20 Å². The number of rotatable bonds is 5. The van der Waals surface area contributed by atoms with Crippen LogP contribution < -0.4 is 10.6 Å². The average molecular weight is 330 g/mol. The first-order valence-electron chi connectivity index (χ1n) is 6.90. The fourth-order valence-corrected chi connectivity index (χ4v) is 2.06. The summed E-state index contributed by atoms with van der Waals surface area (Å²) in [6.07, 6.45) is 1.47. The lowest BCUT2D eigenvalue weighted by Gasteiger charge is -2.08. The Morgan fingerprint density at radius 1 is 1.09 bits per heavy atom. The van der Waals surface area contributed by atoms with Crippen molar-refractivity contribution in [2.75, 3.05) is 10.6 Å². The molecule has 0 aliphatic carbocycles. The van der Waals surface area contributed by atoms with E-state index in [4.69, 9.17) is 11.6 Å². The van der Waals surface area contributed by atoms with Crippen molar-refractivity contribution in [2.24, 2.45) is 0 Å². The van der Waals surface area contributed by atoms with E-state index in [2.05, 4.69) is 25.8 Å². The van der Waals surface area contributed by atoms with E-state index in [9.17, 15) is 4.39 Å². The van der Waals surface area contributed by atoms with E-state index >= 15 is 0 Å². The lowest BCUT2D eigenvalue weighted by Crippen LogP contribution is -2.06. The Bertz CT molecular complexity index is 794. The van der Waals surface area contributed by atoms with Crippen LogP contribution in [-0.4, -0.2) is 15.2 Å². The molecule has 3 aromatic rings. The van der Waals surface area contributed by atoms with Gasteiger partial charge in [-0.2, -0.15) is 10.1 Å². The zero-order valence-electron chi connectivity index (χ0n) is 12.0. The van der Waals surface area contributed by atoms with E-state index in [1.807, 2.05) is 24.3 Å². The molecule has 5 nitrogen and oxygen atoms in total. The van der Waals surface area contributed by atoms with Crippen LogP contribution in [0.3, 0.4) is 0 Å². The Morgan fingerprint density at radius 2 is 1.91 bits per heavy atom. The van der Waals surface area contributed by atoms with Crippen molar-refractivity contribution in [3.05, 3.63) is 71.1 Å². The summed E-state index contributed by atoms with van der Waals surface area (Å²) in [7, 11) is 0. The summed E-state index contributed by atoms with van der Waals surface area (Å²) in [4.78, 5) is 4.29. The summed E-state index contributed by atoms with van der Waals surface area (Å²) in [6.45, 7) is 0.544. The van der Waals surface area contributed by atoms with Crippen LogP contribution in [0.15, 0.2) is 54.7 Å². The van der Waals surface area contributed by atoms with Gasteiger partial charge in [0.15, 0.2) is 5.82 Å². The maximum absolute atomic E-state index is 13.2. The number of benzene rings is 2. The van der Waals surface area contributed by atoms with Crippen LogP contribution in [0, 0.1) is 5.82 Å². The summed E-state index contributed by atoms with van der Waals surface area (Å²) >= 11 is 5.85. The van der Waals surface area contributed by atoms with E-state index in [1.165, 1.54) is 18.3 Å². The molecule has 0 atom stereocenters. The lowest BCUT2D eigenvalue weighted by atomic mass is 10.2. The summed E-state index contributed by atoms with van der Waals surface area (Å²) < 4.78 is 13.2. The van der Waals surface area contributed by atoms with Gasteiger partial charge in [-0.05, 0) is 35.9 Å². The molecule has 1 heterocycles. The first-order valence-corrected chi connectivity index (χ1v) is 7.27. The van der Waals surface area contributed by atoms with Gasteiger partial charge in [-0.25, -0.2) is 4.39 Å². The second-order valence-electron chi connectivity index (χ2n) is 4.78. The molecule has 0 unspecified atom stereocenters. The zero-order valence-corrected chi connectivity index (χ0v) is 12.8. The predicted octanol–water partition coefficient (Wildman–Crippen LogP) is 4.02. The highest BCUT2D eigenvalue weighted by atomic mass is 35.5. The molecule has 0 saturated heterocycles. The Labute approximate surface area is 137 Å². The second-order valence-corrected chi connectivity index (χ2v) is 5.22. The van der Waals surface area contributed by atoms with Gasteiger partial charge in [-0.1, -0.05) is 29.8 Å². The van der Waals surface area contributed by atoms with Gasteiger partial charge in [-0.15, -0.1) is 5.10 Å². The topological polar surface area (TPSA) is 62.7 Å². The number of nitrogens with zero attached hydrogens (tertiary/aromatic N) is 3. The quantitative estimate of drug-likeness (QED) is 0.740. The highest BCUT2D eigenvalue weighted by Crippen LogP contribution is 2.16. The van der Waals surface area contributed by atoms with Crippen molar-refractivity contribution in [1.29, 1.82) is 0 Å². The van der Waals surface area contributed by atoms with E-state index in [0.29, 0.717) is 29.0 Å². The Hall–Kier alpha value is -2.73. The van der Waals surface area contributed by atoms with Gasteiger partial charge in [-0.3, -0.25) is 0 Å². The smallest absolute Gasteiger partial charge is 0.244 e. The van der Waals surface area contributed by atoms with Gasteiger partial charge in [0.25, 0.3) is 0 Å². The van der Waals surface area contributed by atoms with Crippen molar-refractivity contribution in [3.8, 4) is 0 Å². The number of aromatic nitrogens is 3. The van der Waals surface area contributed by atoms with Crippen molar-refractivity contribution in [3.63, 3.8) is 0 Å². The van der Waals surface area contributed by atoms with Crippen LogP contribution in [0.2, 0.25) is 5.02 Å². The molecule has 0 spiro atoms. The standard InChI is InChI=1S/C16H13ClFN5/c17-12-6-4-11(5-7-12)9-19-16-22-15(10-20-23-16)21-14-3-1-2-13(18)8-14/h1-8,10H,9H2,(H2,19,21,22,23). The van der Waals surface area contributed by atoms with Crippen LogP contribution in [0.25, 0.3) is 0 Å². The third-order valence-corrected chi connectivity index (χ3v) is 3.27. The fraction of sp³-hybridized carbons (Fsp3) is 0.0625. The van der Waals surface area contributed by atoms with Gasteiger partial charge < -0.3 is 10.6 Å². The number of hydrogen-bond donors (Lipinski definition) is 2. The minimum atomic E-state index is -0.321. The third kappa shape index (κ3) is 4.37. The summed E-state index contributed by atoms with van der Waals surface area (Å²) in [6, 6.07) is 13.6. The molecular formula is C16H13ClFN5. The normalized spacial score (nSPS) is 10.3. The van der Waals surface area contributed by atoms with Crippen molar-refractivity contribution < 1.29 is 4.39 Å². The number of halogens is 2. The molecule has 23 heavy (non-hydrogen) atoms. The molecule has 2 N–H and O–H groups in total. The van der Waals surface area contributed by atoms with Crippen LogP contribution >= 0.6 is 11.6 Å². The van der Waals surface area contributed by atoms with Crippen molar-refractivity contribution >= 4 is 29.1 Å². The van der Waals surface area contributed by atoms with E-state index < -0.39 is 0 Å². The SMILES string of the molecule is Fc1cccc(Nc2cnnc(NCc3ccc(Cl)cc3)n2)c1. The monoisotopic (exact) mass is 329 g/mol. The summed E-state index contributed by atoms with van der Waals surface area (Å²) in [5.41, 5.74) is 1.63. The first kappa shape index (κ1) is 15.2. The molecule has 2 aromatic carbocycles. The van der Waals surface area contributed by atoms with Gasteiger partial charge >= 0.3 is 0 Å². The second kappa shape index (κ2) is 7.02. The maximum Gasteiger partial charge on any atom is 0.244 e. The fourth-order valence-electron chi connectivity index (χ4n) is 1.94. The van der Waals surface area contributed by atoms with Gasteiger partial charge in [0.1, 0.15) is 5.82 Å². The van der Waals surface area contributed by atoms with E-state index in [-0.39, 0.29) is 5.82 Å². The molecule has 0 fully saturated rings. The molecule has 0 aliphatic rings. The predicted molar refractivity (Wildman–Crippen MR) is 88.3 cm³/mol. The van der Waals surface area contributed by atoms with E-state index in [1.54, 1.807) is 12.1 Å². The number of anilines is 3. The molecular weight excluding hydrogens is 317 g/mol. The largest absolute Gasteiger partial charge is 0.349 e. The molecule has 0 amide bonds. The first-order chi connectivity index (χ1) is 11.2. The zero-order chi connectivity index (χ0) is 16.1. The third-order valence-electron chi connectivity index (χ3n) is 3.02. The molecule has 7 heteroatoms. The number of nitrogens with one attached hydrogen (secondary N) is 2. The number of hydrogen-bond acceptors (Lipinski definition) is 5. The highest BCUT2D eigenvalue weighted by molar-refractivity contribution is 6.30. The van der Waals surface area contributed by atoms with Crippen molar-refractivity contribution in [2.45, 2.75) is 6.54 Å². The summed E-state index contributed by atoms with van der Waals surface area (Å²) in [5.74, 6) is 0.531. The molecule has 0 aliphatic heterocycles.